The van der Waals surface area contributed by atoms with E-state index in [-0.39, 0.29) is 34.6 Å². The van der Waals surface area contributed by atoms with Gasteiger partial charge in [0.25, 0.3) is 0 Å². The van der Waals surface area contributed by atoms with Gasteiger partial charge < -0.3 is 14.8 Å². The number of halogens is 3. The Morgan fingerprint density at radius 3 is 2.43 bits per heavy atom. The summed E-state index contributed by atoms with van der Waals surface area (Å²) in [6.45, 7) is 0. The minimum atomic E-state index is -4.56. The number of Topliss-reactive ketones (excluding diaryl/α,β-unsaturated/α-hetero) is 1. The Kier molecular flexibility index (Phi) is 4.53. The summed E-state index contributed by atoms with van der Waals surface area (Å²) in [5.41, 5.74) is 0.0102. The Bertz CT molecular complexity index is 934. The van der Waals surface area contributed by atoms with Gasteiger partial charge in [-0.1, -0.05) is 30.3 Å². The van der Waals surface area contributed by atoms with Crippen molar-refractivity contribution < 1.29 is 27.4 Å². The average molecular weight is 389 g/mol. The van der Waals surface area contributed by atoms with E-state index in [0.29, 0.717) is 5.56 Å². The van der Waals surface area contributed by atoms with E-state index in [1.807, 2.05) is 6.07 Å². The van der Waals surface area contributed by atoms with Gasteiger partial charge in [0.1, 0.15) is 5.75 Å². The number of methoxy groups -OCH3 is 1. The molecule has 1 atom stereocenters. The van der Waals surface area contributed by atoms with Crippen molar-refractivity contribution in [2.24, 2.45) is 0 Å². The maximum atomic E-state index is 13.3. The number of hydrogen-bond acceptors (Lipinski definition) is 4. The van der Waals surface area contributed by atoms with E-state index in [2.05, 4.69) is 5.32 Å². The van der Waals surface area contributed by atoms with Gasteiger partial charge in [0.05, 0.1) is 18.2 Å². The summed E-state index contributed by atoms with van der Waals surface area (Å²) < 4.78 is 50.9. The van der Waals surface area contributed by atoms with Crippen molar-refractivity contribution in [3.8, 4) is 5.75 Å². The van der Waals surface area contributed by atoms with E-state index in [9.17, 15) is 18.0 Å². The van der Waals surface area contributed by atoms with E-state index in [0.717, 1.165) is 25.0 Å². The van der Waals surface area contributed by atoms with Crippen LogP contribution in [-0.2, 0) is 15.7 Å². The summed E-state index contributed by atoms with van der Waals surface area (Å²) in [4.78, 5) is 13.1. The van der Waals surface area contributed by atoms with Gasteiger partial charge in [-0.05, 0) is 36.6 Å². The lowest BCUT2D eigenvalue weighted by atomic mass is 9.95. The lowest BCUT2D eigenvalue weighted by Gasteiger charge is -2.13. The van der Waals surface area contributed by atoms with Gasteiger partial charge in [0.15, 0.2) is 12.0 Å². The number of alkyl halides is 3. The lowest BCUT2D eigenvalue weighted by Crippen LogP contribution is -2.17. The number of ketones is 1. The molecule has 4 rings (SSSR count). The molecule has 28 heavy (non-hydrogen) atoms. The maximum Gasteiger partial charge on any atom is 0.416 e. The van der Waals surface area contributed by atoms with Gasteiger partial charge >= 0.3 is 6.18 Å². The topological polar surface area (TPSA) is 47.6 Å². The zero-order valence-corrected chi connectivity index (χ0v) is 15.0. The van der Waals surface area contributed by atoms with Crippen LogP contribution in [-0.4, -0.2) is 18.9 Å². The number of carbonyl (C=O) groups excluding carboxylic acids is 1. The highest BCUT2D eigenvalue weighted by Gasteiger charge is 2.40. The zero-order valence-electron chi connectivity index (χ0n) is 15.0. The third-order valence-corrected chi connectivity index (χ3v) is 4.72. The van der Waals surface area contributed by atoms with Crippen LogP contribution in [0, 0.1) is 0 Å². The average Bonchev–Trinajstić information content (AvgIpc) is 3.43. The monoisotopic (exact) mass is 389 g/mol. The minimum absolute atomic E-state index is 0.0269. The first kappa shape index (κ1) is 18.4. The number of hydrogen-bond donors (Lipinski definition) is 1. The molecule has 0 aromatic heterocycles. The molecule has 2 aromatic carbocycles. The molecule has 1 saturated carbocycles. The fourth-order valence-electron chi connectivity index (χ4n) is 3.14. The van der Waals surface area contributed by atoms with Crippen LogP contribution in [0.25, 0.3) is 5.57 Å². The second-order valence-corrected chi connectivity index (χ2v) is 6.84. The Morgan fingerprint density at radius 2 is 1.82 bits per heavy atom. The molecule has 0 radical (unpaired) electrons. The van der Waals surface area contributed by atoms with Crippen LogP contribution in [0.15, 0.2) is 54.4 Å². The van der Waals surface area contributed by atoms with Crippen molar-refractivity contribution in [1.82, 2.24) is 5.32 Å². The van der Waals surface area contributed by atoms with Crippen molar-refractivity contribution >= 4 is 11.4 Å². The molecule has 1 fully saturated rings. The van der Waals surface area contributed by atoms with E-state index in [1.165, 1.54) is 13.2 Å². The van der Waals surface area contributed by atoms with Crippen molar-refractivity contribution in [2.75, 3.05) is 7.11 Å². The molecule has 4 nitrogen and oxygen atoms in total. The van der Waals surface area contributed by atoms with Crippen LogP contribution in [0.2, 0.25) is 0 Å². The smallest absolute Gasteiger partial charge is 0.416 e. The third kappa shape index (κ3) is 3.56. The first-order valence-corrected chi connectivity index (χ1v) is 8.90. The molecular weight excluding hydrogens is 371 g/mol. The summed E-state index contributed by atoms with van der Waals surface area (Å²) >= 11 is 0. The van der Waals surface area contributed by atoms with Crippen molar-refractivity contribution in [3.63, 3.8) is 0 Å². The summed E-state index contributed by atoms with van der Waals surface area (Å²) in [5, 5.41) is 3.14. The van der Waals surface area contributed by atoms with E-state index in [1.54, 1.807) is 24.3 Å². The first-order chi connectivity index (χ1) is 13.4. The summed E-state index contributed by atoms with van der Waals surface area (Å²) in [6, 6.07) is 12.4. The van der Waals surface area contributed by atoms with Gasteiger partial charge in [-0.3, -0.25) is 4.79 Å². The molecule has 1 unspecified atom stereocenters. The Morgan fingerprint density at radius 1 is 1.11 bits per heavy atom. The van der Waals surface area contributed by atoms with Gasteiger partial charge in [-0.25, -0.2) is 0 Å². The summed E-state index contributed by atoms with van der Waals surface area (Å²) in [6.07, 6.45) is -3.60. The van der Waals surface area contributed by atoms with Gasteiger partial charge in [0.2, 0.25) is 5.78 Å². The fourth-order valence-corrected chi connectivity index (χ4v) is 3.14. The molecule has 146 valence electrons. The molecule has 1 heterocycles. The number of rotatable bonds is 5. The van der Waals surface area contributed by atoms with Gasteiger partial charge in [-0.15, -0.1) is 0 Å². The molecule has 0 spiro atoms. The molecule has 2 aliphatic rings. The van der Waals surface area contributed by atoms with Crippen LogP contribution in [0.5, 0.6) is 5.75 Å². The van der Waals surface area contributed by atoms with Crippen molar-refractivity contribution in [3.05, 3.63) is 71.1 Å². The van der Waals surface area contributed by atoms with E-state index >= 15 is 0 Å². The van der Waals surface area contributed by atoms with Gasteiger partial charge in [0, 0.05) is 11.6 Å². The summed E-state index contributed by atoms with van der Waals surface area (Å²) in [5.74, 6) is -0.127. The van der Waals surface area contributed by atoms with Gasteiger partial charge in [-0.2, -0.15) is 13.2 Å². The predicted molar refractivity (Wildman–Crippen MR) is 96.3 cm³/mol. The Hall–Kier alpha value is -2.96. The molecule has 2 aromatic rings. The SMILES string of the molecule is COc1cc(C2=C(NC3CC3)OC(c3ccccc3)C2=O)cc(C(F)(F)F)c1. The second-order valence-electron chi connectivity index (χ2n) is 6.84. The summed E-state index contributed by atoms with van der Waals surface area (Å²) in [7, 11) is 1.29. The zero-order chi connectivity index (χ0) is 19.9. The molecule has 1 aliphatic carbocycles. The lowest BCUT2D eigenvalue weighted by molar-refractivity contribution is -0.137. The minimum Gasteiger partial charge on any atom is -0.497 e. The van der Waals surface area contributed by atoms with E-state index < -0.39 is 17.8 Å². The molecule has 7 heteroatoms. The number of nitrogens with one attached hydrogen (secondary N) is 1. The molecule has 1 N–H and O–H groups in total. The highest BCUT2D eigenvalue weighted by molar-refractivity contribution is 6.25. The normalized spacial score (nSPS) is 19.6. The fraction of sp³-hybridized carbons (Fsp3) is 0.286. The highest BCUT2D eigenvalue weighted by atomic mass is 19.4. The standard InChI is InChI=1S/C21H18F3NO3/c1-27-16-10-13(9-14(11-16)21(22,23)24)17-18(26)19(12-5-3-2-4-6-12)28-20(17)25-15-7-8-15/h2-6,9-11,15,19,25H,7-8H2,1H3. The molecule has 0 saturated heterocycles. The van der Waals surface area contributed by atoms with Crippen LogP contribution < -0.4 is 10.1 Å². The number of carbonyl (C=O) groups is 1. The highest BCUT2D eigenvalue weighted by Crippen LogP contribution is 2.41. The molecule has 1 aliphatic heterocycles. The molecule has 0 bridgehead atoms. The van der Waals surface area contributed by atoms with Crippen molar-refractivity contribution in [1.29, 1.82) is 0 Å². The predicted octanol–water partition coefficient (Wildman–Crippen LogP) is 4.48. The van der Waals surface area contributed by atoms with Crippen LogP contribution in [0.3, 0.4) is 0 Å². The van der Waals surface area contributed by atoms with Crippen LogP contribution >= 0.6 is 0 Å². The number of benzene rings is 2. The Labute approximate surface area is 160 Å². The third-order valence-electron chi connectivity index (χ3n) is 4.72. The molecular formula is C21H18F3NO3. The number of ether oxygens (including phenoxy) is 2. The second kappa shape index (κ2) is 6.89. The molecule has 0 amide bonds. The van der Waals surface area contributed by atoms with E-state index in [4.69, 9.17) is 9.47 Å². The van der Waals surface area contributed by atoms with Crippen LogP contribution in [0.4, 0.5) is 13.2 Å². The quantitative estimate of drug-likeness (QED) is 0.820. The van der Waals surface area contributed by atoms with Crippen molar-refractivity contribution in [2.45, 2.75) is 31.2 Å². The largest absolute Gasteiger partial charge is 0.497 e. The van der Waals surface area contributed by atoms with Crippen LogP contribution in [0.1, 0.15) is 35.6 Å². The maximum absolute atomic E-state index is 13.3. The first-order valence-electron chi connectivity index (χ1n) is 8.90. The Balaban J connectivity index is 1.79.